The standard InChI is InChI=1S/C24H33N3O2/c1-25(2)16-20-14-19(8-9-24(20)28-3)15-27-18-21(17-26-10-12-29-13-11-26)22-6-4-5-7-23(22)27/h4-9,14,21H,10-13,15-18H2,1-3H3/t21-/m0/s1. The number of hydrogen-bond donors (Lipinski definition) is 0. The van der Waals surface area contributed by atoms with Gasteiger partial charge < -0.3 is 19.3 Å². The van der Waals surface area contributed by atoms with Crippen LogP contribution in [0.5, 0.6) is 5.75 Å². The van der Waals surface area contributed by atoms with E-state index in [1.54, 1.807) is 7.11 Å². The molecule has 0 aliphatic carbocycles. The van der Waals surface area contributed by atoms with Gasteiger partial charge in [-0.1, -0.05) is 24.3 Å². The molecule has 1 fully saturated rings. The van der Waals surface area contributed by atoms with E-state index in [0.717, 1.165) is 58.2 Å². The van der Waals surface area contributed by atoms with Crippen LogP contribution >= 0.6 is 0 Å². The molecule has 29 heavy (non-hydrogen) atoms. The molecule has 2 heterocycles. The molecular weight excluding hydrogens is 362 g/mol. The first-order valence-corrected chi connectivity index (χ1v) is 10.6. The highest BCUT2D eigenvalue weighted by Gasteiger charge is 2.30. The van der Waals surface area contributed by atoms with Crippen LogP contribution in [0.1, 0.15) is 22.6 Å². The van der Waals surface area contributed by atoms with Crippen LogP contribution in [0.4, 0.5) is 5.69 Å². The lowest BCUT2D eigenvalue weighted by Gasteiger charge is -2.29. The van der Waals surface area contributed by atoms with Crippen molar-refractivity contribution in [2.24, 2.45) is 0 Å². The molecule has 5 nitrogen and oxygen atoms in total. The number of morpholine rings is 1. The zero-order chi connectivity index (χ0) is 20.2. The Kier molecular flexibility index (Phi) is 6.38. The van der Waals surface area contributed by atoms with E-state index in [2.05, 4.69) is 71.3 Å². The van der Waals surface area contributed by atoms with Crippen molar-refractivity contribution in [3.8, 4) is 5.75 Å². The van der Waals surface area contributed by atoms with Crippen molar-refractivity contribution in [1.82, 2.24) is 9.80 Å². The first kappa shape index (κ1) is 20.2. The van der Waals surface area contributed by atoms with Gasteiger partial charge in [0.05, 0.1) is 20.3 Å². The second kappa shape index (κ2) is 9.16. The monoisotopic (exact) mass is 395 g/mol. The third-order valence-electron chi connectivity index (χ3n) is 5.95. The van der Waals surface area contributed by atoms with Gasteiger partial charge >= 0.3 is 0 Å². The maximum absolute atomic E-state index is 5.57. The second-order valence-electron chi connectivity index (χ2n) is 8.43. The average molecular weight is 396 g/mol. The molecule has 0 N–H and O–H groups in total. The first-order valence-electron chi connectivity index (χ1n) is 10.6. The molecule has 1 atom stereocenters. The number of nitrogens with zero attached hydrogens (tertiary/aromatic N) is 3. The molecule has 0 spiro atoms. The van der Waals surface area contributed by atoms with E-state index in [9.17, 15) is 0 Å². The number of fused-ring (bicyclic) bond motifs is 1. The Hall–Kier alpha value is -2.08. The Morgan fingerprint density at radius 3 is 2.66 bits per heavy atom. The van der Waals surface area contributed by atoms with E-state index >= 15 is 0 Å². The molecular formula is C24H33N3O2. The molecule has 0 unspecified atom stereocenters. The van der Waals surface area contributed by atoms with Gasteiger partial charge in [-0.3, -0.25) is 4.90 Å². The lowest BCUT2D eigenvalue weighted by atomic mass is 10.0. The van der Waals surface area contributed by atoms with Crippen LogP contribution in [-0.4, -0.2) is 70.4 Å². The number of anilines is 1. The Morgan fingerprint density at radius 2 is 1.90 bits per heavy atom. The molecule has 0 aromatic heterocycles. The van der Waals surface area contributed by atoms with Crippen molar-refractivity contribution < 1.29 is 9.47 Å². The second-order valence-corrected chi connectivity index (χ2v) is 8.43. The predicted molar refractivity (Wildman–Crippen MR) is 118 cm³/mol. The van der Waals surface area contributed by atoms with E-state index in [-0.39, 0.29) is 0 Å². The van der Waals surface area contributed by atoms with Crippen LogP contribution in [0.3, 0.4) is 0 Å². The predicted octanol–water partition coefficient (Wildman–Crippen LogP) is 3.19. The first-order chi connectivity index (χ1) is 14.1. The Bertz CT molecular complexity index is 818. The summed E-state index contributed by atoms with van der Waals surface area (Å²) in [6.07, 6.45) is 0. The summed E-state index contributed by atoms with van der Waals surface area (Å²) in [4.78, 5) is 7.28. The van der Waals surface area contributed by atoms with Crippen molar-refractivity contribution in [2.75, 3.05) is 65.5 Å². The molecule has 156 valence electrons. The SMILES string of the molecule is COc1ccc(CN2C[C@H](CN3CCOCC3)c3ccccc32)cc1CN(C)C. The summed E-state index contributed by atoms with van der Waals surface area (Å²) in [5, 5.41) is 0. The van der Waals surface area contributed by atoms with E-state index in [1.165, 1.54) is 22.4 Å². The fourth-order valence-electron chi connectivity index (χ4n) is 4.60. The maximum atomic E-state index is 5.57. The third-order valence-corrected chi connectivity index (χ3v) is 5.95. The summed E-state index contributed by atoms with van der Waals surface area (Å²) in [6, 6.07) is 15.5. The van der Waals surface area contributed by atoms with E-state index in [1.807, 2.05) is 0 Å². The van der Waals surface area contributed by atoms with Gasteiger partial charge in [0.25, 0.3) is 0 Å². The third kappa shape index (κ3) is 4.74. The number of rotatable bonds is 7. The molecule has 2 aromatic carbocycles. The van der Waals surface area contributed by atoms with Crippen LogP contribution in [-0.2, 0) is 17.8 Å². The Morgan fingerprint density at radius 1 is 1.10 bits per heavy atom. The van der Waals surface area contributed by atoms with Crippen LogP contribution in [0.25, 0.3) is 0 Å². The van der Waals surface area contributed by atoms with Gasteiger partial charge in [0.1, 0.15) is 5.75 Å². The summed E-state index contributed by atoms with van der Waals surface area (Å²) < 4.78 is 11.1. The van der Waals surface area contributed by atoms with Crippen LogP contribution in [0, 0.1) is 0 Å². The van der Waals surface area contributed by atoms with E-state index < -0.39 is 0 Å². The summed E-state index contributed by atoms with van der Waals surface area (Å²) in [7, 11) is 5.94. The van der Waals surface area contributed by atoms with Gasteiger partial charge in [0.2, 0.25) is 0 Å². The zero-order valence-electron chi connectivity index (χ0n) is 17.9. The molecule has 0 saturated carbocycles. The minimum absolute atomic E-state index is 0.559. The fraction of sp³-hybridized carbons (Fsp3) is 0.500. The molecule has 0 amide bonds. The highest BCUT2D eigenvalue weighted by Crippen LogP contribution is 2.38. The lowest BCUT2D eigenvalue weighted by molar-refractivity contribution is 0.0356. The smallest absolute Gasteiger partial charge is 0.123 e. The van der Waals surface area contributed by atoms with Crippen molar-refractivity contribution in [2.45, 2.75) is 19.0 Å². The summed E-state index contributed by atoms with van der Waals surface area (Å²) in [5.41, 5.74) is 5.45. The normalized spacial score (nSPS) is 19.6. The minimum atomic E-state index is 0.559. The van der Waals surface area contributed by atoms with Gasteiger partial charge in [0, 0.05) is 56.4 Å². The van der Waals surface area contributed by atoms with E-state index in [0.29, 0.717) is 5.92 Å². The number of methoxy groups -OCH3 is 1. The molecule has 4 rings (SSSR count). The van der Waals surface area contributed by atoms with Gasteiger partial charge in [-0.05, 0) is 43.4 Å². The highest BCUT2D eigenvalue weighted by atomic mass is 16.5. The van der Waals surface area contributed by atoms with Crippen molar-refractivity contribution >= 4 is 5.69 Å². The molecule has 1 saturated heterocycles. The highest BCUT2D eigenvalue weighted by molar-refractivity contribution is 5.60. The van der Waals surface area contributed by atoms with Crippen LogP contribution in [0.2, 0.25) is 0 Å². The molecule has 5 heteroatoms. The number of hydrogen-bond acceptors (Lipinski definition) is 5. The van der Waals surface area contributed by atoms with Gasteiger partial charge in [-0.15, -0.1) is 0 Å². The number of benzene rings is 2. The van der Waals surface area contributed by atoms with Crippen LogP contribution < -0.4 is 9.64 Å². The van der Waals surface area contributed by atoms with Crippen molar-refractivity contribution in [3.05, 3.63) is 59.2 Å². The van der Waals surface area contributed by atoms with Gasteiger partial charge in [0.15, 0.2) is 0 Å². The summed E-state index contributed by atoms with van der Waals surface area (Å²) >= 11 is 0. The molecule has 2 aliphatic heterocycles. The molecule has 0 radical (unpaired) electrons. The Balaban J connectivity index is 1.51. The lowest BCUT2D eigenvalue weighted by Crippen LogP contribution is -2.39. The fourth-order valence-corrected chi connectivity index (χ4v) is 4.60. The maximum Gasteiger partial charge on any atom is 0.123 e. The Labute approximate surface area is 174 Å². The largest absolute Gasteiger partial charge is 0.496 e. The summed E-state index contributed by atoms with van der Waals surface area (Å²) in [5.74, 6) is 1.53. The zero-order valence-corrected chi connectivity index (χ0v) is 17.9. The van der Waals surface area contributed by atoms with Crippen molar-refractivity contribution in [3.63, 3.8) is 0 Å². The van der Waals surface area contributed by atoms with E-state index in [4.69, 9.17) is 9.47 Å². The molecule has 0 bridgehead atoms. The molecule has 2 aromatic rings. The number of para-hydroxylation sites is 1. The summed E-state index contributed by atoms with van der Waals surface area (Å²) in [6.45, 7) is 7.82. The molecule has 2 aliphatic rings. The van der Waals surface area contributed by atoms with Crippen LogP contribution in [0.15, 0.2) is 42.5 Å². The van der Waals surface area contributed by atoms with Gasteiger partial charge in [-0.25, -0.2) is 0 Å². The van der Waals surface area contributed by atoms with Crippen molar-refractivity contribution in [1.29, 1.82) is 0 Å². The number of ether oxygens (including phenoxy) is 2. The minimum Gasteiger partial charge on any atom is -0.496 e. The van der Waals surface area contributed by atoms with Gasteiger partial charge in [-0.2, -0.15) is 0 Å². The average Bonchev–Trinajstić information content (AvgIpc) is 3.06. The topological polar surface area (TPSA) is 28.2 Å². The quantitative estimate of drug-likeness (QED) is 0.718.